The molecule has 3 aromatic rings. The number of rotatable bonds is 3. The third-order valence-electron chi connectivity index (χ3n) is 3.39. The zero-order valence-electron chi connectivity index (χ0n) is 11.9. The molecule has 2 heterocycles. The molecule has 0 radical (unpaired) electrons. The molecule has 0 amide bonds. The largest absolute Gasteiger partial charge is 0.457 e. The van der Waals surface area contributed by atoms with Gasteiger partial charge >= 0.3 is 5.97 Å². The molecule has 21 heavy (non-hydrogen) atoms. The highest BCUT2D eigenvalue weighted by atomic mass is 16.5. The Labute approximate surface area is 122 Å². The number of fused-ring (bicyclic) bond motifs is 1. The lowest BCUT2D eigenvalue weighted by molar-refractivity contribution is 0.0473. The van der Waals surface area contributed by atoms with Crippen molar-refractivity contribution in [3.63, 3.8) is 0 Å². The maximum Gasteiger partial charge on any atom is 0.344 e. The van der Waals surface area contributed by atoms with Crippen LogP contribution in [0.5, 0.6) is 0 Å². The summed E-state index contributed by atoms with van der Waals surface area (Å²) in [4.78, 5) is 16.5. The Kier molecular flexibility index (Phi) is 3.39. The van der Waals surface area contributed by atoms with Crippen LogP contribution in [0.2, 0.25) is 0 Å². The van der Waals surface area contributed by atoms with Crippen LogP contribution in [0.4, 0.5) is 0 Å². The van der Waals surface area contributed by atoms with Crippen LogP contribution in [0.25, 0.3) is 5.65 Å². The minimum atomic E-state index is -0.399. The Morgan fingerprint density at radius 1 is 1.24 bits per heavy atom. The molecule has 0 spiro atoms. The van der Waals surface area contributed by atoms with Crippen molar-refractivity contribution in [3.8, 4) is 0 Å². The Morgan fingerprint density at radius 3 is 2.86 bits per heavy atom. The molecule has 3 rings (SSSR count). The number of ether oxygens (including phenoxy) is 1. The van der Waals surface area contributed by atoms with Crippen LogP contribution >= 0.6 is 0 Å². The molecule has 0 N–H and O–H groups in total. The summed E-state index contributed by atoms with van der Waals surface area (Å²) in [7, 11) is 0. The zero-order chi connectivity index (χ0) is 14.8. The number of benzene rings is 1. The number of aryl methyl sites for hydroxylation is 2. The van der Waals surface area contributed by atoms with E-state index in [-0.39, 0.29) is 6.61 Å². The van der Waals surface area contributed by atoms with E-state index in [0.29, 0.717) is 16.9 Å². The van der Waals surface area contributed by atoms with Crippen molar-refractivity contribution >= 4 is 11.6 Å². The van der Waals surface area contributed by atoms with E-state index in [4.69, 9.17) is 4.74 Å². The van der Waals surface area contributed by atoms with E-state index >= 15 is 0 Å². The maximum absolute atomic E-state index is 12.3. The molecule has 5 nitrogen and oxygen atoms in total. The molecule has 0 unspecified atom stereocenters. The first-order valence-corrected chi connectivity index (χ1v) is 6.68. The fourth-order valence-electron chi connectivity index (χ4n) is 2.22. The molecule has 0 fully saturated rings. The van der Waals surface area contributed by atoms with Crippen molar-refractivity contribution in [1.29, 1.82) is 0 Å². The predicted octanol–water partition coefficient (Wildman–Crippen LogP) is 2.70. The summed E-state index contributed by atoms with van der Waals surface area (Å²) in [5.41, 5.74) is 3.64. The van der Waals surface area contributed by atoms with Crippen LogP contribution in [-0.4, -0.2) is 20.6 Å². The highest BCUT2D eigenvalue weighted by Gasteiger charge is 2.19. The van der Waals surface area contributed by atoms with Gasteiger partial charge in [-0.2, -0.15) is 5.10 Å². The molecule has 0 aliphatic carbocycles. The normalized spacial score (nSPS) is 10.8. The molecule has 2 aromatic heterocycles. The minimum Gasteiger partial charge on any atom is -0.457 e. The highest BCUT2D eigenvalue weighted by molar-refractivity contribution is 5.97. The molecule has 0 aliphatic heterocycles. The molecule has 0 bridgehead atoms. The molecule has 0 saturated heterocycles. The van der Waals surface area contributed by atoms with Gasteiger partial charge in [-0.15, -0.1) is 0 Å². The van der Waals surface area contributed by atoms with E-state index in [1.807, 2.05) is 31.2 Å². The summed E-state index contributed by atoms with van der Waals surface area (Å²) in [6.45, 7) is 4.01. The smallest absolute Gasteiger partial charge is 0.344 e. The van der Waals surface area contributed by atoms with E-state index in [0.717, 1.165) is 11.1 Å². The topological polar surface area (TPSA) is 56.5 Å². The molecular weight excluding hydrogens is 266 g/mol. The fourth-order valence-corrected chi connectivity index (χ4v) is 2.22. The summed E-state index contributed by atoms with van der Waals surface area (Å²) < 4.78 is 6.99. The van der Waals surface area contributed by atoms with E-state index in [1.165, 1.54) is 0 Å². The molecule has 1 aromatic carbocycles. The van der Waals surface area contributed by atoms with Crippen molar-refractivity contribution in [2.75, 3.05) is 0 Å². The van der Waals surface area contributed by atoms with Crippen LogP contribution in [0.15, 0.2) is 42.7 Å². The molecule has 106 valence electrons. The first-order chi connectivity index (χ1) is 10.2. The van der Waals surface area contributed by atoms with Gasteiger partial charge in [0.2, 0.25) is 0 Å². The first kappa shape index (κ1) is 13.3. The van der Waals surface area contributed by atoms with E-state index in [1.54, 1.807) is 29.9 Å². The van der Waals surface area contributed by atoms with Gasteiger partial charge in [-0.05, 0) is 31.0 Å². The number of aromatic nitrogens is 3. The van der Waals surface area contributed by atoms with Gasteiger partial charge in [0, 0.05) is 12.4 Å². The Bertz CT molecular complexity index is 808. The summed E-state index contributed by atoms with van der Waals surface area (Å²) in [6, 6.07) is 9.59. The van der Waals surface area contributed by atoms with Gasteiger partial charge in [0.1, 0.15) is 12.2 Å². The van der Waals surface area contributed by atoms with Crippen molar-refractivity contribution in [2.45, 2.75) is 20.5 Å². The summed E-state index contributed by atoms with van der Waals surface area (Å²) in [5.74, 6) is -0.399. The van der Waals surface area contributed by atoms with Crippen LogP contribution in [0, 0.1) is 13.8 Å². The predicted molar refractivity (Wildman–Crippen MR) is 78.0 cm³/mol. The van der Waals surface area contributed by atoms with Gasteiger partial charge in [0.15, 0.2) is 5.65 Å². The van der Waals surface area contributed by atoms with Crippen molar-refractivity contribution < 1.29 is 9.53 Å². The number of esters is 1. The third-order valence-corrected chi connectivity index (χ3v) is 3.39. The highest BCUT2D eigenvalue weighted by Crippen LogP contribution is 2.16. The van der Waals surface area contributed by atoms with Gasteiger partial charge in [-0.3, -0.25) is 0 Å². The summed E-state index contributed by atoms with van der Waals surface area (Å²) in [6.07, 6.45) is 3.39. The number of carbonyl (C=O) groups excluding carboxylic acids is 1. The second-order valence-electron chi connectivity index (χ2n) is 4.85. The van der Waals surface area contributed by atoms with Crippen LogP contribution in [0.1, 0.15) is 27.2 Å². The molecule has 0 aliphatic rings. The Balaban J connectivity index is 1.85. The average molecular weight is 281 g/mol. The summed E-state index contributed by atoms with van der Waals surface area (Å²) >= 11 is 0. The quantitative estimate of drug-likeness (QED) is 0.693. The fraction of sp³-hybridized carbons (Fsp3) is 0.188. The molecule has 0 saturated carbocycles. The Morgan fingerprint density at radius 2 is 2.05 bits per heavy atom. The van der Waals surface area contributed by atoms with Crippen molar-refractivity contribution in [1.82, 2.24) is 14.6 Å². The zero-order valence-corrected chi connectivity index (χ0v) is 11.9. The van der Waals surface area contributed by atoms with Crippen LogP contribution in [-0.2, 0) is 11.3 Å². The number of hydrogen-bond acceptors (Lipinski definition) is 4. The van der Waals surface area contributed by atoms with Crippen molar-refractivity contribution in [2.24, 2.45) is 0 Å². The lowest BCUT2D eigenvalue weighted by atomic mass is 10.1. The third kappa shape index (κ3) is 2.50. The first-order valence-electron chi connectivity index (χ1n) is 6.68. The molecule has 5 heteroatoms. The second-order valence-corrected chi connectivity index (χ2v) is 4.85. The van der Waals surface area contributed by atoms with Gasteiger partial charge < -0.3 is 4.74 Å². The lowest BCUT2D eigenvalue weighted by Gasteiger charge is -2.07. The number of carbonyl (C=O) groups is 1. The molecule has 0 atom stereocenters. The maximum atomic E-state index is 12.3. The van der Waals surface area contributed by atoms with Crippen molar-refractivity contribution in [3.05, 3.63) is 65.1 Å². The SMILES string of the molecule is Cc1ccccc1COC(=O)c1c(C)nn2cccnc12. The van der Waals surface area contributed by atoms with Crippen LogP contribution in [0.3, 0.4) is 0 Å². The van der Waals surface area contributed by atoms with Gasteiger partial charge in [-0.1, -0.05) is 24.3 Å². The minimum absolute atomic E-state index is 0.245. The van der Waals surface area contributed by atoms with Gasteiger partial charge in [0.05, 0.1) is 5.69 Å². The Hall–Kier alpha value is -2.69. The average Bonchev–Trinajstić information content (AvgIpc) is 2.82. The van der Waals surface area contributed by atoms with Gasteiger partial charge in [0.25, 0.3) is 0 Å². The second kappa shape index (κ2) is 5.36. The molecular formula is C16H15N3O2. The van der Waals surface area contributed by atoms with Crippen LogP contribution < -0.4 is 0 Å². The number of nitrogens with zero attached hydrogens (tertiary/aromatic N) is 3. The standard InChI is InChI=1S/C16H15N3O2/c1-11-6-3-4-7-13(11)10-21-16(20)14-12(2)18-19-9-5-8-17-15(14)19/h3-9H,10H2,1-2H3. The number of hydrogen-bond donors (Lipinski definition) is 0. The van der Waals surface area contributed by atoms with Gasteiger partial charge in [-0.25, -0.2) is 14.3 Å². The van der Waals surface area contributed by atoms with E-state index in [2.05, 4.69) is 10.1 Å². The summed E-state index contributed by atoms with van der Waals surface area (Å²) in [5, 5.41) is 4.26. The van der Waals surface area contributed by atoms with E-state index in [9.17, 15) is 4.79 Å². The van der Waals surface area contributed by atoms with E-state index < -0.39 is 5.97 Å². The lowest BCUT2D eigenvalue weighted by Crippen LogP contribution is -2.07. The monoisotopic (exact) mass is 281 g/mol.